The highest BCUT2D eigenvalue weighted by atomic mass is 32.2. The van der Waals surface area contributed by atoms with Crippen molar-refractivity contribution >= 4 is 33.4 Å². The van der Waals surface area contributed by atoms with Crippen LogP contribution in [0.3, 0.4) is 0 Å². The molecule has 8 nitrogen and oxygen atoms in total. The molecule has 2 heterocycles. The minimum absolute atomic E-state index is 0.0375. The third-order valence-corrected chi connectivity index (χ3v) is 8.94. The monoisotopic (exact) mass is 555 g/mol. The van der Waals surface area contributed by atoms with Crippen molar-refractivity contribution in [2.75, 3.05) is 28.8 Å². The van der Waals surface area contributed by atoms with E-state index in [1.807, 2.05) is 58.9 Å². The maximum atomic E-state index is 13.9. The normalized spacial score (nSPS) is 16.5. The second kappa shape index (κ2) is 11.2. The summed E-state index contributed by atoms with van der Waals surface area (Å²) < 4.78 is 34.7. The third-order valence-electron chi connectivity index (χ3n) is 7.15. The first-order valence-corrected chi connectivity index (χ1v) is 15.3. The molecule has 1 saturated heterocycles. The molecule has 0 saturated carbocycles. The summed E-state index contributed by atoms with van der Waals surface area (Å²) in [7, 11) is -3.84. The van der Waals surface area contributed by atoms with Gasteiger partial charge < -0.3 is 14.5 Å². The smallest absolute Gasteiger partial charge is 0.410 e. The van der Waals surface area contributed by atoms with Gasteiger partial charge in [-0.25, -0.2) is 13.2 Å². The van der Waals surface area contributed by atoms with Crippen LogP contribution in [0.4, 0.5) is 16.2 Å². The van der Waals surface area contributed by atoms with Gasteiger partial charge in [-0.05, 0) is 87.4 Å². The molecule has 9 heteroatoms. The summed E-state index contributed by atoms with van der Waals surface area (Å²) in [4.78, 5) is 29.3. The van der Waals surface area contributed by atoms with Crippen LogP contribution in [-0.2, 0) is 32.4 Å². The average Bonchev–Trinajstić information content (AvgIpc) is 3.21. The molecule has 2 amide bonds. The summed E-state index contributed by atoms with van der Waals surface area (Å²) in [6, 6.07) is 12.6. The van der Waals surface area contributed by atoms with Gasteiger partial charge >= 0.3 is 6.09 Å². The topological polar surface area (TPSA) is 87.2 Å². The summed E-state index contributed by atoms with van der Waals surface area (Å²) in [6.45, 7) is 13.0. The van der Waals surface area contributed by atoms with Crippen LogP contribution < -0.4 is 9.21 Å². The predicted octanol–water partition coefficient (Wildman–Crippen LogP) is 5.39. The van der Waals surface area contributed by atoms with Crippen LogP contribution in [0.2, 0.25) is 0 Å². The van der Waals surface area contributed by atoms with Gasteiger partial charge in [-0.2, -0.15) is 0 Å². The fourth-order valence-corrected chi connectivity index (χ4v) is 6.89. The van der Waals surface area contributed by atoms with Crippen LogP contribution >= 0.6 is 0 Å². The molecule has 0 bridgehead atoms. The number of benzene rings is 2. The van der Waals surface area contributed by atoms with Crippen molar-refractivity contribution in [3.8, 4) is 0 Å². The van der Waals surface area contributed by atoms with E-state index in [4.69, 9.17) is 4.74 Å². The van der Waals surface area contributed by atoms with Gasteiger partial charge in [0.1, 0.15) is 5.60 Å². The number of amides is 2. The second-order valence-electron chi connectivity index (χ2n) is 11.9. The number of nitrogens with zero attached hydrogens (tertiary/aromatic N) is 3. The molecule has 0 radical (unpaired) electrons. The summed E-state index contributed by atoms with van der Waals surface area (Å²) in [5, 5.41) is 0. The highest BCUT2D eigenvalue weighted by Gasteiger charge is 2.37. The van der Waals surface area contributed by atoms with E-state index in [1.165, 1.54) is 4.31 Å². The number of hydrogen-bond donors (Lipinski definition) is 0. The molecule has 212 valence electrons. The Hall–Kier alpha value is -3.07. The Balaban J connectivity index is 1.54. The fourth-order valence-electron chi connectivity index (χ4n) is 5.21. The molecule has 0 aliphatic carbocycles. The molecule has 0 spiro atoms. The van der Waals surface area contributed by atoms with Crippen molar-refractivity contribution in [1.82, 2.24) is 4.90 Å². The Bertz CT molecular complexity index is 1310. The number of rotatable bonds is 7. The molecule has 2 aromatic rings. The van der Waals surface area contributed by atoms with Gasteiger partial charge in [0.15, 0.2) is 0 Å². The lowest BCUT2D eigenvalue weighted by atomic mass is 10.0. The van der Waals surface area contributed by atoms with Crippen LogP contribution in [0.5, 0.6) is 0 Å². The molecular weight excluding hydrogens is 514 g/mol. The van der Waals surface area contributed by atoms with Gasteiger partial charge in [0, 0.05) is 31.4 Å². The minimum Gasteiger partial charge on any atom is -0.444 e. The Kier molecular flexibility index (Phi) is 8.30. The lowest BCUT2D eigenvalue weighted by molar-refractivity contribution is -0.118. The molecule has 0 unspecified atom stereocenters. The molecule has 4 rings (SSSR count). The zero-order valence-corrected chi connectivity index (χ0v) is 24.8. The van der Waals surface area contributed by atoms with Crippen molar-refractivity contribution in [2.24, 2.45) is 5.92 Å². The van der Waals surface area contributed by atoms with E-state index in [9.17, 15) is 18.0 Å². The van der Waals surface area contributed by atoms with Crippen LogP contribution in [0.1, 0.15) is 65.5 Å². The number of likely N-dealkylation sites (tertiary alicyclic amines) is 1. The van der Waals surface area contributed by atoms with Crippen molar-refractivity contribution in [1.29, 1.82) is 0 Å². The zero-order chi connectivity index (χ0) is 28.5. The number of anilines is 2. The lowest BCUT2D eigenvalue weighted by Gasteiger charge is -2.37. The largest absolute Gasteiger partial charge is 0.444 e. The predicted molar refractivity (Wildman–Crippen MR) is 154 cm³/mol. The molecule has 0 atom stereocenters. The van der Waals surface area contributed by atoms with Crippen molar-refractivity contribution < 1.29 is 22.7 Å². The molecule has 39 heavy (non-hydrogen) atoms. The minimum atomic E-state index is -3.84. The average molecular weight is 556 g/mol. The molecule has 2 aliphatic rings. The molecule has 2 aromatic carbocycles. The van der Waals surface area contributed by atoms with Crippen LogP contribution in [-0.4, -0.2) is 56.6 Å². The van der Waals surface area contributed by atoms with Gasteiger partial charge in [-0.1, -0.05) is 32.9 Å². The van der Waals surface area contributed by atoms with E-state index in [-0.39, 0.29) is 35.3 Å². The highest BCUT2D eigenvalue weighted by molar-refractivity contribution is 7.92. The first-order valence-electron chi connectivity index (χ1n) is 13.8. The van der Waals surface area contributed by atoms with E-state index in [0.29, 0.717) is 38.2 Å². The van der Waals surface area contributed by atoms with Crippen LogP contribution in [0.15, 0.2) is 47.4 Å². The van der Waals surface area contributed by atoms with Crippen molar-refractivity contribution in [2.45, 2.75) is 83.8 Å². The van der Waals surface area contributed by atoms with E-state index in [2.05, 4.69) is 6.92 Å². The maximum absolute atomic E-state index is 13.9. The number of hydrogen-bond acceptors (Lipinski definition) is 5. The molecule has 2 aliphatic heterocycles. The molecule has 0 aromatic heterocycles. The van der Waals surface area contributed by atoms with E-state index >= 15 is 0 Å². The van der Waals surface area contributed by atoms with E-state index in [0.717, 1.165) is 23.2 Å². The number of carbonyl (C=O) groups is 2. The molecule has 0 N–H and O–H groups in total. The Morgan fingerprint density at radius 2 is 1.72 bits per heavy atom. The van der Waals surface area contributed by atoms with Gasteiger partial charge in [-0.15, -0.1) is 0 Å². The number of carbonyl (C=O) groups excluding carboxylic acids is 2. The summed E-state index contributed by atoms with van der Waals surface area (Å²) in [5.41, 5.74) is 2.71. The second-order valence-corrected chi connectivity index (χ2v) is 13.7. The lowest BCUT2D eigenvalue weighted by Crippen LogP contribution is -2.49. The van der Waals surface area contributed by atoms with Crippen LogP contribution in [0, 0.1) is 5.92 Å². The van der Waals surface area contributed by atoms with Gasteiger partial charge in [0.25, 0.3) is 10.0 Å². The number of piperidine rings is 1. The zero-order valence-electron chi connectivity index (χ0n) is 23.9. The first kappa shape index (κ1) is 28.9. The number of sulfonamides is 1. The van der Waals surface area contributed by atoms with Gasteiger partial charge in [0.05, 0.1) is 17.0 Å². The standard InChI is InChI=1S/C30H41N3O5S/c1-7-22-8-10-24(11-9-22)32(20-21(2)3)39(36,37)26-12-13-27-23(18-26)19-28(34)33(27)25-14-16-31(17-15-25)29(35)38-30(4,5)6/h8-13,18,21,25H,7,14-17,19-20H2,1-6H3. The Morgan fingerprint density at radius 1 is 1.08 bits per heavy atom. The van der Waals surface area contributed by atoms with Gasteiger partial charge in [-0.3, -0.25) is 9.10 Å². The van der Waals surface area contributed by atoms with Crippen molar-refractivity contribution in [3.63, 3.8) is 0 Å². The number of fused-ring (bicyclic) bond motifs is 1. The summed E-state index contributed by atoms with van der Waals surface area (Å²) in [5.74, 6) is 0.0909. The van der Waals surface area contributed by atoms with Crippen molar-refractivity contribution in [3.05, 3.63) is 53.6 Å². The first-order chi connectivity index (χ1) is 18.3. The number of ether oxygens (including phenoxy) is 1. The number of aryl methyl sites for hydroxylation is 1. The van der Waals surface area contributed by atoms with E-state index in [1.54, 1.807) is 28.0 Å². The molecular formula is C30H41N3O5S. The highest BCUT2D eigenvalue weighted by Crippen LogP contribution is 2.36. The third kappa shape index (κ3) is 6.40. The van der Waals surface area contributed by atoms with Gasteiger partial charge in [0.2, 0.25) is 5.91 Å². The Morgan fingerprint density at radius 3 is 2.28 bits per heavy atom. The van der Waals surface area contributed by atoms with E-state index < -0.39 is 15.6 Å². The SMILES string of the molecule is CCc1ccc(N(CC(C)C)S(=O)(=O)c2ccc3c(c2)CC(=O)N3C2CCN(C(=O)OC(C)(C)C)CC2)cc1. The van der Waals surface area contributed by atoms with Crippen LogP contribution in [0.25, 0.3) is 0 Å². The quantitative estimate of drug-likeness (QED) is 0.457. The maximum Gasteiger partial charge on any atom is 0.410 e. The Labute approximate surface area is 233 Å². The summed E-state index contributed by atoms with van der Waals surface area (Å²) in [6.07, 6.45) is 1.99. The fraction of sp³-hybridized carbons (Fsp3) is 0.533. The molecule has 1 fully saturated rings. The summed E-state index contributed by atoms with van der Waals surface area (Å²) >= 11 is 0.